The van der Waals surface area contributed by atoms with Crippen LogP contribution in [0, 0.1) is 92.2 Å². The lowest BCUT2D eigenvalue weighted by Crippen LogP contribution is -2.40. The number of rotatable bonds is 22. The van der Waals surface area contributed by atoms with Crippen molar-refractivity contribution in [3.8, 4) is 12.1 Å². The lowest BCUT2D eigenvalue weighted by atomic mass is 9.74. The summed E-state index contributed by atoms with van der Waals surface area (Å²) in [5.41, 5.74) is -0.410. The van der Waals surface area contributed by atoms with Crippen LogP contribution in [0.5, 0.6) is 0 Å². The molecule has 8 bridgehead atoms. The van der Waals surface area contributed by atoms with Crippen molar-refractivity contribution in [2.45, 2.75) is 218 Å². The van der Waals surface area contributed by atoms with Crippen LogP contribution in [0.1, 0.15) is 140 Å². The van der Waals surface area contributed by atoms with Gasteiger partial charge in [-0.2, -0.15) is 18.9 Å². The molecule has 8 aliphatic heterocycles. The van der Waals surface area contributed by atoms with Crippen LogP contribution in [0.25, 0.3) is 0 Å². The van der Waals surface area contributed by atoms with Crippen LogP contribution in [0.3, 0.4) is 0 Å². The smallest absolute Gasteiger partial charge is 0.465 e. The third-order valence-electron chi connectivity index (χ3n) is 24.6. The summed E-state index contributed by atoms with van der Waals surface area (Å²) in [5, 5.41) is 18.0. The summed E-state index contributed by atoms with van der Waals surface area (Å²) in [6.07, 6.45) is -0.180. The van der Waals surface area contributed by atoms with Gasteiger partial charge in [-0.05, 0) is 121 Å². The number of cyclic esters (lactones) is 5. The second-order valence-corrected chi connectivity index (χ2v) is 36.3. The van der Waals surface area contributed by atoms with E-state index < -0.39 is 184 Å². The first-order valence-corrected chi connectivity index (χ1v) is 42.8. The maximum Gasteiger partial charge on any atom is 0.508 e. The van der Waals surface area contributed by atoms with Gasteiger partial charge in [0.1, 0.15) is 86.3 Å². The van der Waals surface area contributed by atoms with Gasteiger partial charge < -0.3 is 85.3 Å². The maximum absolute atomic E-state index is 11.9. The minimum absolute atomic E-state index is 0.00284. The quantitative estimate of drug-likeness (QED) is 0.0552. The normalized spacial score (nSPS) is 33.3. The van der Waals surface area contributed by atoms with Crippen molar-refractivity contribution in [2.24, 2.45) is 69.5 Å². The summed E-state index contributed by atoms with van der Waals surface area (Å²) in [4.78, 5) is 191. The molecular weight excluding hydrogens is 1730 g/mol. The number of carbonyl (C=O) groups excluding carboxylic acids is 17. The van der Waals surface area contributed by atoms with Crippen molar-refractivity contribution in [3.63, 3.8) is 0 Å². The minimum Gasteiger partial charge on any atom is -0.465 e. The second kappa shape index (κ2) is 41.4. The molecule has 16 aliphatic rings. The topological polar surface area (TPSA) is 547 Å². The highest BCUT2D eigenvalue weighted by molar-refractivity contribution is 7.87. The Labute approximate surface area is 741 Å². The van der Waals surface area contributed by atoms with Gasteiger partial charge >= 0.3 is 102 Å². The molecule has 16 rings (SSSR count). The zero-order valence-electron chi connectivity index (χ0n) is 72.9. The summed E-state index contributed by atoms with van der Waals surface area (Å²) in [7, 11) is -3.53. The van der Waals surface area contributed by atoms with Gasteiger partial charge in [0.05, 0.1) is 42.9 Å². The molecule has 0 aromatic heterocycles. The molecule has 25 atom stereocenters. The molecule has 40 nitrogen and oxygen atoms in total. The lowest BCUT2D eigenvalue weighted by Gasteiger charge is -2.27. The van der Waals surface area contributed by atoms with Crippen LogP contribution in [-0.4, -0.2) is 235 Å². The average Bonchev–Trinajstić information content (AvgIpc) is 1.55. The van der Waals surface area contributed by atoms with Crippen molar-refractivity contribution in [1.29, 1.82) is 10.5 Å². The molecule has 700 valence electrons. The number of carbonyl (C=O) groups is 17. The molecule has 0 spiro atoms. The van der Waals surface area contributed by atoms with Crippen molar-refractivity contribution in [2.75, 3.05) is 46.2 Å². The Hall–Kier alpha value is -12.4. The molecule has 0 amide bonds. The minimum atomic E-state index is -3.53. The van der Waals surface area contributed by atoms with E-state index in [9.17, 15) is 100 Å². The Kier molecular flexibility index (Phi) is 32.2. The van der Waals surface area contributed by atoms with Crippen LogP contribution >= 0.6 is 0 Å². The van der Waals surface area contributed by atoms with Gasteiger partial charge in [0.25, 0.3) is 10.1 Å². The first-order valence-electron chi connectivity index (χ1n) is 41.3. The summed E-state index contributed by atoms with van der Waals surface area (Å²) in [6, 6.07) is 4.20. The lowest BCUT2D eigenvalue weighted by molar-refractivity contribution is -0.168. The number of nitriles is 2. The number of fused-ring (bicyclic) bond motifs is 4. The van der Waals surface area contributed by atoms with Crippen molar-refractivity contribution < 1.29 is 179 Å². The zero-order chi connectivity index (χ0) is 95.7. The maximum atomic E-state index is 11.9. The van der Waals surface area contributed by atoms with Crippen LogP contribution in [-0.2, 0) is 176 Å². The van der Waals surface area contributed by atoms with Gasteiger partial charge in [-0.3, -0.25) is 28.2 Å². The molecule has 8 aliphatic carbocycles. The van der Waals surface area contributed by atoms with Gasteiger partial charge in [-0.15, -0.1) is 0 Å². The predicted molar refractivity (Wildman–Crippen MR) is 429 cm³/mol. The molecule has 0 N–H and O–H groups in total. The highest BCUT2D eigenvalue weighted by Crippen LogP contribution is 2.64. The van der Waals surface area contributed by atoms with E-state index >= 15 is 0 Å². The summed E-state index contributed by atoms with van der Waals surface area (Å²) in [5.74, 6) is -7.51. The Bertz CT molecular complexity index is 4890. The van der Waals surface area contributed by atoms with E-state index in [1.165, 1.54) is 20.8 Å². The molecule has 0 radical (unpaired) electrons. The molecule has 25 unspecified atom stereocenters. The number of esters is 16. The van der Waals surface area contributed by atoms with E-state index in [0.717, 1.165) is 19.3 Å². The second-order valence-electron chi connectivity index (χ2n) is 34.5. The Morgan fingerprint density at radius 2 is 0.922 bits per heavy atom. The molecule has 16 fully saturated rings. The molecule has 41 heteroatoms. The molecule has 8 saturated heterocycles. The molecule has 0 aromatic rings. The average molecular weight is 1830 g/mol. The van der Waals surface area contributed by atoms with Crippen molar-refractivity contribution in [1.82, 2.24) is 0 Å². The highest BCUT2D eigenvalue weighted by atomic mass is 32.2. The Morgan fingerprint density at radius 1 is 0.465 bits per heavy atom. The highest BCUT2D eigenvalue weighted by Gasteiger charge is 2.74. The van der Waals surface area contributed by atoms with E-state index in [0.29, 0.717) is 91.9 Å². The molecule has 129 heavy (non-hydrogen) atoms. The van der Waals surface area contributed by atoms with Crippen molar-refractivity contribution in [3.05, 3.63) is 97.2 Å². The number of ether oxygens (including phenoxy) is 18. The predicted octanol–water partition coefficient (Wildman–Crippen LogP) is 5.58. The van der Waals surface area contributed by atoms with Crippen LogP contribution in [0.2, 0.25) is 0 Å². The molecule has 8 saturated carbocycles. The Morgan fingerprint density at radius 3 is 1.36 bits per heavy atom. The van der Waals surface area contributed by atoms with E-state index in [-0.39, 0.29) is 126 Å². The largest absolute Gasteiger partial charge is 0.508 e. The number of nitrogens with zero attached hydrogens (tertiary/aromatic N) is 2. The van der Waals surface area contributed by atoms with Crippen LogP contribution in [0.4, 0.5) is 4.79 Å². The molecule has 0 aromatic carbocycles. The summed E-state index contributed by atoms with van der Waals surface area (Å²) >= 11 is 0. The SMILES string of the molecule is C=C(C)C(=O)OC(C)C1(C)CCOC1=O.C=C(C)C(=O)OC1C2CC3C(=O)OC1C3C2.C=C(C)C(=O)OC1C2CC3C1OC(=O)C3(C#N)C2.C=C(C)C(=O)OC1CCOC1=O.C=C(C)C(=O)OC1COC(=O)C1.C=C(C)C(=O)OCC(=O)OC1C2CC3C1OC(=O)C3(C#N)C2.C=C(C)C(=O)OCC(=O)OC1C2CC3C1OS(=O)(=O)C3C2.C=C(C)C(=O)OCC1COC(=O)O1. The van der Waals surface area contributed by atoms with E-state index in [4.69, 9.17) is 70.5 Å². The fourth-order valence-electron chi connectivity index (χ4n) is 17.8. The van der Waals surface area contributed by atoms with Gasteiger partial charge in [-0.25, -0.2) is 57.5 Å². The standard InChI is InChI=1S/C15H15NO6.C13H13NO4.C13H16O7S.C12H14O4.C11H16O4.C8H10O5.2C8H10O4/c1-7(2)13(18)20-5-10(17)21-11-8-3-9-12(11)22-14(19)15(9,4-8)6-16;1-6(2)11(15)17-9-7-3-8-10(9)18-12(16)13(8,4-7)5-14;1-6(2)13(15)18-5-10(14)19-11-7-3-8-9(4-7)21(16,17)20-12(8)11;1-5(2)11(13)15-9-6-3-7-8(4-6)12(14)16-10(7)9;1-7(2)9(12)15-8(3)11(4)5-6-14-10(11)13;1-5(2)7(9)11-3-6-4-12-8(10)13-6;1-5(2)8(10)12-6-3-7(9)11-4-6;1-5(2)7(9)12-6-3-4-11-8(6)10/h8-9,11-12H,1,3-5H2,2H3;7-10H,1,3-4H2,2H3;7-9,11-12H,1,3-5H2,2H3;6-10H,1,3-4H2,2H3;8H,1,5-6H2,2-4H3;6H,1,3-4H2,2H3;2*6H,1,3-4H2,2H3. The molecular formula is C88H104N2O38S. The fraction of sp³-hybridized carbons (Fsp3) is 0.602. The van der Waals surface area contributed by atoms with E-state index in [1.54, 1.807) is 48.5 Å². The summed E-state index contributed by atoms with van der Waals surface area (Å²) < 4.78 is 118. The third-order valence-corrected chi connectivity index (χ3v) is 26.4. The number of hydrogen-bond donors (Lipinski definition) is 0. The summed E-state index contributed by atoms with van der Waals surface area (Å²) in [6.45, 7) is 43.4. The third kappa shape index (κ3) is 22.7. The fourth-order valence-corrected chi connectivity index (χ4v) is 19.6. The van der Waals surface area contributed by atoms with Gasteiger partial charge in [0.15, 0.2) is 30.1 Å². The first kappa shape index (κ1) is 100. The van der Waals surface area contributed by atoms with Crippen LogP contribution in [0.15, 0.2) is 97.2 Å². The number of hydrogen-bond acceptors (Lipinski definition) is 40. The van der Waals surface area contributed by atoms with E-state index in [2.05, 4.69) is 83.7 Å². The Balaban J connectivity index is 0.000000168. The van der Waals surface area contributed by atoms with Crippen LogP contribution < -0.4 is 0 Å². The first-order chi connectivity index (χ1) is 60.4. The monoisotopic (exact) mass is 1830 g/mol. The van der Waals surface area contributed by atoms with Crippen molar-refractivity contribution >= 4 is 112 Å². The van der Waals surface area contributed by atoms with Gasteiger partial charge in [0, 0.05) is 105 Å². The van der Waals surface area contributed by atoms with E-state index in [1.807, 2.05) is 0 Å². The zero-order valence-corrected chi connectivity index (χ0v) is 73.7. The van der Waals surface area contributed by atoms with Gasteiger partial charge in [0.2, 0.25) is 6.10 Å². The molecule has 8 heterocycles. The van der Waals surface area contributed by atoms with Gasteiger partial charge in [-0.1, -0.05) is 52.6 Å².